The number of hydrogen-bond acceptors (Lipinski definition) is 7. The van der Waals surface area contributed by atoms with Crippen LogP contribution in [0.4, 0.5) is 25.0 Å². The predicted octanol–water partition coefficient (Wildman–Crippen LogP) is 4.86. The summed E-state index contributed by atoms with van der Waals surface area (Å²) in [5, 5.41) is 13.5. The number of primary amides is 1. The molecule has 0 radical (unpaired) electrons. The highest BCUT2D eigenvalue weighted by Gasteiger charge is 2.38. The standard InChI is InChI=1S/C30H32F2N4O7S/c1-16(2)44(41,42)26-11-8-19(34-30(39)40)15-20(26)24-5-4-12-36(24)29(38)27(17-6-10-22(32)25(14-17)43-3)35-23-13-18(28(33)37)7-9-21(23)31/h6-11,13-16,24,27,34-35H,4-5,12H2,1-3H3,(H2,33,37)(H,39,40). The number of ether oxygens (including phenoxy) is 1. The van der Waals surface area contributed by atoms with Gasteiger partial charge in [0.1, 0.15) is 11.9 Å². The molecule has 14 heteroatoms. The van der Waals surface area contributed by atoms with Gasteiger partial charge in [0.2, 0.25) is 11.8 Å². The number of sulfone groups is 1. The van der Waals surface area contributed by atoms with Crippen LogP contribution < -0.4 is 21.1 Å². The van der Waals surface area contributed by atoms with Gasteiger partial charge in [0, 0.05) is 17.8 Å². The molecule has 3 aromatic rings. The Morgan fingerprint density at radius 2 is 1.75 bits per heavy atom. The predicted molar refractivity (Wildman–Crippen MR) is 158 cm³/mol. The molecule has 0 saturated carbocycles. The molecule has 0 aliphatic carbocycles. The zero-order chi connectivity index (χ0) is 32.3. The summed E-state index contributed by atoms with van der Waals surface area (Å²) in [5.74, 6) is -3.11. The molecule has 11 nitrogen and oxygen atoms in total. The van der Waals surface area contributed by atoms with E-state index >= 15 is 0 Å². The van der Waals surface area contributed by atoms with Gasteiger partial charge < -0.3 is 25.8 Å². The minimum Gasteiger partial charge on any atom is -0.494 e. The van der Waals surface area contributed by atoms with Crippen molar-refractivity contribution in [2.24, 2.45) is 5.73 Å². The van der Waals surface area contributed by atoms with Gasteiger partial charge in [-0.25, -0.2) is 22.0 Å². The number of nitrogens with two attached hydrogens (primary N) is 1. The van der Waals surface area contributed by atoms with Crippen LogP contribution in [0.3, 0.4) is 0 Å². The number of nitrogens with one attached hydrogen (secondary N) is 2. The molecule has 2 atom stereocenters. The molecule has 44 heavy (non-hydrogen) atoms. The zero-order valence-electron chi connectivity index (χ0n) is 24.1. The lowest BCUT2D eigenvalue weighted by Gasteiger charge is -2.32. The lowest BCUT2D eigenvalue weighted by atomic mass is 10.0. The van der Waals surface area contributed by atoms with E-state index in [9.17, 15) is 36.7 Å². The Labute approximate surface area is 252 Å². The monoisotopic (exact) mass is 630 g/mol. The van der Waals surface area contributed by atoms with Crippen LogP contribution in [0.2, 0.25) is 0 Å². The fourth-order valence-corrected chi connectivity index (χ4v) is 6.42. The van der Waals surface area contributed by atoms with Gasteiger partial charge in [-0.2, -0.15) is 0 Å². The molecule has 1 fully saturated rings. The molecule has 5 N–H and O–H groups in total. The number of benzene rings is 3. The van der Waals surface area contributed by atoms with Crippen LogP contribution in [0.1, 0.15) is 60.3 Å². The smallest absolute Gasteiger partial charge is 0.409 e. The van der Waals surface area contributed by atoms with Gasteiger partial charge in [-0.05, 0) is 86.3 Å². The third-order valence-electron chi connectivity index (χ3n) is 7.39. The average Bonchev–Trinajstić information content (AvgIpc) is 3.46. The maximum atomic E-state index is 15.0. The maximum Gasteiger partial charge on any atom is 0.409 e. The van der Waals surface area contributed by atoms with Crippen molar-refractivity contribution in [2.45, 2.75) is 48.9 Å². The summed E-state index contributed by atoms with van der Waals surface area (Å²) < 4.78 is 61.1. The number of rotatable bonds is 10. The first kappa shape index (κ1) is 32.2. The SMILES string of the molecule is COc1cc(C(Nc2cc(C(N)=O)ccc2F)C(=O)N2CCCC2c2cc(NC(=O)O)ccc2S(=O)(=O)C(C)C)ccc1F. The molecule has 0 bridgehead atoms. The van der Waals surface area contributed by atoms with Crippen molar-refractivity contribution in [1.29, 1.82) is 0 Å². The Hall–Kier alpha value is -4.72. The van der Waals surface area contributed by atoms with E-state index in [1.807, 2.05) is 0 Å². The summed E-state index contributed by atoms with van der Waals surface area (Å²) >= 11 is 0. The highest BCUT2D eigenvalue weighted by atomic mass is 32.2. The number of amides is 3. The van der Waals surface area contributed by atoms with E-state index in [1.54, 1.807) is 0 Å². The molecule has 1 heterocycles. The van der Waals surface area contributed by atoms with Crippen LogP contribution >= 0.6 is 0 Å². The van der Waals surface area contributed by atoms with Crippen LogP contribution in [0.25, 0.3) is 0 Å². The lowest BCUT2D eigenvalue weighted by Crippen LogP contribution is -2.38. The molecule has 0 spiro atoms. The molecule has 4 rings (SSSR count). The third kappa shape index (κ3) is 6.59. The number of carbonyl (C=O) groups excluding carboxylic acids is 2. The molecule has 234 valence electrons. The maximum absolute atomic E-state index is 15.0. The van der Waals surface area contributed by atoms with Gasteiger partial charge in [0.15, 0.2) is 21.4 Å². The molecule has 3 aromatic carbocycles. The molecule has 1 saturated heterocycles. The summed E-state index contributed by atoms with van der Waals surface area (Å²) in [6.07, 6.45) is -0.544. The van der Waals surface area contributed by atoms with Crippen molar-refractivity contribution >= 4 is 39.1 Å². The topological polar surface area (TPSA) is 168 Å². The second-order valence-electron chi connectivity index (χ2n) is 10.5. The number of methoxy groups -OCH3 is 1. The minimum absolute atomic E-state index is 0.0258. The number of likely N-dealkylation sites (tertiary alicyclic amines) is 1. The highest BCUT2D eigenvalue weighted by Crippen LogP contribution is 2.40. The first-order chi connectivity index (χ1) is 20.7. The molecule has 1 aliphatic rings. The van der Waals surface area contributed by atoms with E-state index < -0.39 is 56.7 Å². The molecule has 1 aliphatic heterocycles. The number of carbonyl (C=O) groups is 3. The summed E-state index contributed by atoms with van der Waals surface area (Å²) in [6.45, 7) is 3.20. The number of anilines is 2. The average molecular weight is 631 g/mol. The van der Waals surface area contributed by atoms with Crippen LogP contribution in [0.15, 0.2) is 59.5 Å². The molecule has 0 aromatic heterocycles. The van der Waals surface area contributed by atoms with Crippen molar-refractivity contribution in [3.05, 3.63) is 82.9 Å². The molecule has 2 unspecified atom stereocenters. The molecular weight excluding hydrogens is 598 g/mol. The Morgan fingerprint density at radius 1 is 1.05 bits per heavy atom. The summed E-state index contributed by atoms with van der Waals surface area (Å²) in [5.41, 5.74) is 5.64. The molecular formula is C30H32F2N4O7S. The van der Waals surface area contributed by atoms with Gasteiger partial charge in [0.05, 0.1) is 29.0 Å². The fourth-order valence-electron chi connectivity index (χ4n) is 5.13. The summed E-state index contributed by atoms with van der Waals surface area (Å²) in [6, 6.07) is 8.89. The number of nitrogens with zero attached hydrogens (tertiary/aromatic N) is 1. The van der Waals surface area contributed by atoms with Crippen LogP contribution in [0.5, 0.6) is 5.75 Å². The van der Waals surface area contributed by atoms with E-state index in [4.69, 9.17) is 10.5 Å². The Kier molecular flexibility index (Phi) is 9.42. The molecule has 3 amide bonds. The van der Waals surface area contributed by atoms with Crippen molar-refractivity contribution < 1.29 is 41.4 Å². The summed E-state index contributed by atoms with van der Waals surface area (Å²) in [4.78, 5) is 38.9. The van der Waals surface area contributed by atoms with E-state index in [2.05, 4.69) is 10.6 Å². The lowest BCUT2D eigenvalue weighted by molar-refractivity contribution is -0.133. The third-order valence-corrected chi connectivity index (χ3v) is 9.62. The van der Waals surface area contributed by atoms with Gasteiger partial charge in [-0.1, -0.05) is 6.07 Å². The van der Waals surface area contributed by atoms with Gasteiger partial charge in [-0.15, -0.1) is 0 Å². The number of hydrogen-bond donors (Lipinski definition) is 4. The van der Waals surface area contributed by atoms with Gasteiger partial charge in [0.25, 0.3) is 0 Å². The number of carboxylic acid groups (broad SMARTS) is 1. The van der Waals surface area contributed by atoms with Crippen molar-refractivity contribution in [3.8, 4) is 5.75 Å². The van der Waals surface area contributed by atoms with Crippen molar-refractivity contribution in [3.63, 3.8) is 0 Å². The Morgan fingerprint density at radius 3 is 2.39 bits per heavy atom. The van der Waals surface area contributed by atoms with Crippen LogP contribution in [-0.2, 0) is 14.6 Å². The first-order valence-electron chi connectivity index (χ1n) is 13.6. The van der Waals surface area contributed by atoms with E-state index in [1.165, 1.54) is 62.3 Å². The second kappa shape index (κ2) is 12.9. The highest BCUT2D eigenvalue weighted by molar-refractivity contribution is 7.92. The quantitative estimate of drug-likeness (QED) is 0.246. The normalized spacial score (nSPS) is 15.6. The van der Waals surface area contributed by atoms with Gasteiger partial charge >= 0.3 is 6.09 Å². The van der Waals surface area contributed by atoms with E-state index in [0.29, 0.717) is 12.8 Å². The van der Waals surface area contributed by atoms with Crippen molar-refractivity contribution in [2.75, 3.05) is 24.3 Å². The zero-order valence-corrected chi connectivity index (χ0v) is 25.0. The van der Waals surface area contributed by atoms with Gasteiger partial charge in [-0.3, -0.25) is 14.9 Å². The Balaban J connectivity index is 1.84. The van der Waals surface area contributed by atoms with Crippen LogP contribution in [0, 0.1) is 11.6 Å². The van der Waals surface area contributed by atoms with Crippen LogP contribution in [-0.4, -0.2) is 55.2 Å². The second-order valence-corrected chi connectivity index (χ2v) is 13.0. The summed E-state index contributed by atoms with van der Waals surface area (Å²) in [7, 11) is -2.63. The van der Waals surface area contributed by atoms with E-state index in [-0.39, 0.29) is 45.3 Å². The van der Waals surface area contributed by atoms with Crippen molar-refractivity contribution in [1.82, 2.24) is 4.90 Å². The fraction of sp³-hybridized carbons (Fsp3) is 0.300. The number of halogens is 2. The Bertz CT molecular complexity index is 1720. The first-order valence-corrected chi connectivity index (χ1v) is 15.2. The largest absolute Gasteiger partial charge is 0.494 e. The minimum atomic E-state index is -3.87. The van der Waals surface area contributed by atoms with E-state index in [0.717, 1.165) is 18.2 Å².